The summed E-state index contributed by atoms with van der Waals surface area (Å²) < 4.78 is 5.22. The van der Waals surface area contributed by atoms with Crippen LogP contribution in [-0.2, 0) is 0 Å². The summed E-state index contributed by atoms with van der Waals surface area (Å²) >= 11 is 5.91. The number of para-hydroxylation sites is 1. The number of methoxy groups -OCH3 is 1. The van der Waals surface area contributed by atoms with Gasteiger partial charge in [0.05, 0.1) is 29.1 Å². The molecule has 0 unspecified atom stereocenters. The normalized spacial score (nSPS) is 10.2. The van der Waals surface area contributed by atoms with Crippen molar-refractivity contribution in [2.75, 3.05) is 18.2 Å². The van der Waals surface area contributed by atoms with Crippen molar-refractivity contribution in [1.29, 1.82) is 0 Å². The van der Waals surface area contributed by atoms with E-state index in [0.29, 0.717) is 22.0 Å². The van der Waals surface area contributed by atoms with E-state index in [1.807, 2.05) is 19.1 Å². The van der Waals surface area contributed by atoms with E-state index >= 15 is 0 Å². The van der Waals surface area contributed by atoms with Crippen LogP contribution in [0.5, 0.6) is 5.75 Å². The molecular weight excluding hydrogens is 276 g/mol. The van der Waals surface area contributed by atoms with Gasteiger partial charge in [0.1, 0.15) is 5.75 Å². The molecule has 2 aromatic carbocycles. The molecule has 0 aliphatic carbocycles. The number of ether oxygens (including phenoxy) is 1. The SMILES string of the molecule is COc1ccc(C)cc1NC(=O)c1cccc(Cl)c1N. The van der Waals surface area contributed by atoms with Crippen LogP contribution in [0.15, 0.2) is 36.4 Å². The van der Waals surface area contributed by atoms with Crippen LogP contribution in [0, 0.1) is 6.92 Å². The predicted octanol–water partition coefficient (Wildman–Crippen LogP) is 3.49. The second kappa shape index (κ2) is 5.84. The zero-order valence-electron chi connectivity index (χ0n) is 11.2. The first kappa shape index (κ1) is 14.2. The highest BCUT2D eigenvalue weighted by Crippen LogP contribution is 2.28. The number of nitrogens with one attached hydrogen (secondary N) is 1. The van der Waals surface area contributed by atoms with Crippen molar-refractivity contribution in [1.82, 2.24) is 0 Å². The monoisotopic (exact) mass is 290 g/mol. The Morgan fingerprint density at radius 2 is 2.05 bits per heavy atom. The average Bonchev–Trinajstić information content (AvgIpc) is 2.42. The number of nitrogen functional groups attached to an aromatic ring is 1. The van der Waals surface area contributed by atoms with Crippen molar-refractivity contribution in [3.8, 4) is 5.75 Å². The number of carbonyl (C=O) groups excluding carboxylic acids is 1. The molecule has 0 spiro atoms. The zero-order chi connectivity index (χ0) is 14.7. The Morgan fingerprint density at radius 1 is 1.30 bits per heavy atom. The fourth-order valence-corrected chi connectivity index (χ4v) is 2.02. The van der Waals surface area contributed by atoms with Gasteiger partial charge in [-0.05, 0) is 36.8 Å². The second-order valence-electron chi connectivity index (χ2n) is 4.36. The summed E-state index contributed by atoms with van der Waals surface area (Å²) in [6.45, 7) is 1.93. The number of hydrogen-bond donors (Lipinski definition) is 2. The minimum absolute atomic E-state index is 0.262. The van der Waals surface area contributed by atoms with Gasteiger partial charge in [0.25, 0.3) is 5.91 Å². The number of amides is 1. The molecule has 2 rings (SSSR count). The molecule has 0 atom stereocenters. The van der Waals surface area contributed by atoms with Gasteiger partial charge in [0.2, 0.25) is 0 Å². The fourth-order valence-electron chi connectivity index (χ4n) is 1.84. The van der Waals surface area contributed by atoms with Crippen LogP contribution in [0.1, 0.15) is 15.9 Å². The van der Waals surface area contributed by atoms with E-state index in [2.05, 4.69) is 5.32 Å². The Labute approximate surface area is 122 Å². The van der Waals surface area contributed by atoms with Crippen LogP contribution in [0.2, 0.25) is 5.02 Å². The van der Waals surface area contributed by atoms with Gasteiger partial charge in [0, 0.05) is 0 Å². The molecule has 20 heavy (non-hydrogen) atoms. The molecule has 0 aliphatic heterocycles. The van der Waals surface area contributed by atoms with Gasteiger partial charge in [-0.1, -0.05) is 23.7 Å². The van der Waals surface area contributed by atoms with Crippen LogP contribution in [-0.4, -0.2) is 13.0 Å². The first-order chi connectivity index (χ1) is 9.52. The summed E-state index contributed by atoms with van der Waals surface area (Å²) in [5, 5.41) is 3.14. The summed E-state index contributed by atoms with van der Waals surface area (Å²) in [6, 6.07) is 10.5. The number of aryl methyl sites for hydroxylation is 1. The lowest BCUT2D eigenvalue weighted by Gasteiger charge is -2.12. The summed E-state index contributed by atoms with van der Waals surface area (Å²) in [5.74, 6) is 0.262. The van der Waals surface area contributed by atoms with Crippen molar-refractivity contribution in [3.63, 3.8) is 0 Å². The summed E-state index contributed by atoms with van der Waals surface area (Å²) in [7, 11) is 1.55. The van der Waals surface area contributed by atoms with E-state index in [4.69, 9.17) is 22.1 Å². The van der Waals surface area contributed by atoms with E-state index in [1.54, 1.807) is 31.4 Å². The van der Waals surface area contributed by atoms with E-state index < -0.39 is 0 Å². The summed E-state index contributed by atoms with van der Waals surface area (Å²) in [5.41, 5.74) is 8.02. The van der Waals surface area contributed by atoms with Crippen molar-refractivity contribution in [2.24, 2.45) is 0 Å². The third kappa shape index (κ3) is 2.86. The van der Waals surface area contributed by atoms with Crippen LogP contribution in [0.25, 0.3) is 0 Å². The van der Waals surface area contributed by atoms with Gasteiger partial charge in [-0.2, -0.15) is 0 Å². The molecule has 0 heterocycles. The van der Waals surface area contributed by atoms with Crippen molar-refractivity contribution in [3.05, 3.63) is 52.5 Å². The number of rotatable bonds is 3. The molecule has 2 aromatic rings. The number of benzene rings is 2. The van der Waals surface area contributed by atoms with Gasteiger partial charge in [-0.3, -0.25) is 4.79 Å². The quantitative estimate of drug-likeness (QED) is 0.851. The third-order valence-electron chi connectivity index (χ3n) is 2.90. The molecular formula is C15H15ClN2O2. The topological polar surface area (TPSA) is 64.3 Å². The van der Waals surface area contributed by atoms with E-state index in [0.717, 1.165) is 5.56 Å². The van der Waals surface area contributed by atoms with Crippen molar-refractivity contribution in [2.45, 2.75) is 6.92 Å². The number of hydrogen-bond acceptors (Lipinski definition) is 3. The highest BCUT2D eigenvalue weighted by atomic mass is 35.5. The minimum atomic E-state index is -0.325. The van der Waals surface area contributed by atoms with Crippen molar-refractivity contribution >= 4 is 28.9 Å². The number of nitrogens with two attached hydrogens (primary N) is 1. The Hall–Kier alpha value is -2.20. The van der Waals surface area contributed by atoms with Crippen LogP contribution >= 0.6 is 11.6 Å². The summed E-state index contributed by atoms with van der Waals surface area (Å²) in [4.78, 5) is 12.3. The standard InChI is InChI=1S/C15H15ClN2O2/c1-9-6-7-13(20-2)12(8-9)18-15(19)10-4-3-5-11(16)14(10)17/h3-8H,17H2,1-2H3,(H,18,19). The predicted molar refractivity (Wildman–Crippen MR) is 81.5 cm³/mol. The first-order valence-corrected chi connectivity index (χ1v) is 6.40. The minimum Gasteiger partial charge on any atom is -0.495 e. The molecule has 104 valence electrons. The molecule has 0 saturated carbocycles. The maximum Gasteiger partial charge on any atom is 0.257 e. The molecule has 0 saturated heterocycles. The molecule has 0 aliphatic rings. The maximum atomic E-state index is 12.3. The van der Waals surface area contributed by atoms with Gasteiger partial charge in [0.15, 0.2) is 0 Å². The van der Waals surface area contributed by atoms with Crippen LogP contribution in [0.4, 0.5) is 11.4 Å². The zero-order valence-corrected chi connectivity index (χ0v) is 12.0. The Kier molecular flexibility index (Phi) is 4.15. The van der Waals surface area contributed by atoms with Gasteiger partial charge >= 0.3 is 0 Å². The molecule has 1 amide bonds. The van der Waals surface area contributed by atoms with Gasteiger partial charge in [-0.15, -0.1) is 0 Å². The molecule has 0 bridgehead atoms. The Morgan fingerprint density at radius 3 is 2.75 bits per heavy atom. The second-order valence-corrected chi connectivity index (χ2v) is 4.77. The molecule has 0 radical (unpaired) electrons. The third-order valence-corrected chi connectivity index (χ3v) is 3.23. The average molecular weight is 291 g/mol. The molecule has 0 fully saturated rings. The lowest BCUT2D eigenvalue weighted by molar-refractivity contribution is 0.102. The number of halogens is 1. The van der Waals surface area contributed by atoms with E-state index in [1.165, 1.54) is 0 Å². The lowest BCUT2D eigenvalue weighted by atomic mass is 10.1. The Bertz CT molecular complexity index is 656. The fraction of sp³-hybridized carbons (Fsp3) is 0.133. The molecule has 0 aromatic heterocycles. The smallest absolute Gasteiger partial charge is 0.257 e. The van der Waals surface area contributed by atoms with Crippen LogP contribution in [0.3, 0.4) is 0 Å². The molecule has 4 nitrogen and oxygen atoms in total. The van der Waals surface area contributed by atoms with Crippen LogP contribution < -0.4 is 15.8 Å². The largest absolute Gasteiger partial charge is 0.495 e. The lowest BCUT2D eigenvalue weighted by Crippen LogP contribution is -2.15. The molecule has 5 heteroatoms. The first-order valence-electron chi connectivity index (χ1n) is 6.03. The highest BCUT2D eigenvalue weighted by Gasteiger charge is 2.14. The maximum absolute atomic E-state index is 12.3. The van der Waals surface area contributed by atoms with E-state index in [-0.39, 0.29) is 11.6 Å². The number of anilines is 2. The van der Waals surface area contributed by atoms with Gasteiger partial charge in [-0.25, -0.2) is 0 Å². The van der Waals surface area contributed by atoms with E-state index in [9.17, 15) is 4.79 Å². The van der Waals surface area contributed by atoms with Gasteiger partial charge < -0.3 is 15.8 Å². The summed E-state index contributed by atoms with van der Waals surface area (Å²) in [6.07, 6.45) is 0. The molecule has 3 N–H and O–H groups in total. The van der Waals surface area contributed by atoms with Crippen molar-refractivity contribution < 1.29 is 9.53 Å². The Balaban J connectivity index is 2.32. The highest BCUT2D eigenvalue weighted by molar-refractivity contribution is 6.34. The number of carbonyl (C=O) groups is 1.